The molecule has 1 N–H and O–H groups in total. The fraction of sp³-hybridized carbons (Fsp3) is 0.714. The Morgan fingerprint density at radius 3 is 2.67 bits per heavy atom. The molecule has 118 valence electrons. The van der Waals surface area contributed by atoms with Crippen molar-refractivity contribution >= 4 is 21.4 Å². The highest BCUT2D eigenvalue weighted by Crippen LogP contribution is 2.33. The Bertz CT molecular complexity index is 600. The molecule has 5 nitrogen and oxygen atoms in total. The lowest BCUT2D eigenvalue weighted by molar-refractivity contribution is -0.0114. The molecule has 0 spiro atoms. The molecule has 2 unspecified atom stereocenters. The van der Waals surface area contributed by atoms with Gasteiger partial charge in [-0.05, 0) is 32.4 Å². The number of nitrogens with zero attached hydrogens (tertiary/aromatic N) is 1. The van der Waals surface area contributed by atoms with Gasteiger partial charge in [-0.15, -0.1) is 11.3 Å². The fourth-order valence-electron chi connectivity index (χ4n) is 3.03. The van der Waals surface area contributed by atoms with E-state index in [-0.39, 0.29) is 12.2 Å². The predicted molar refractivity (Wildman–Crippen MR) is 83.1 cm³/mol. The second-order valence-electron chi connectivity index (χ2n) is 5.69. The SMILES string of the molecule is CCNCc1cc(S(=O)(=O)N2CC3CCC(C2)O3)c(C)s1. The molecule has 0 aliphatic carbocycles. The first kappa shape index (κ1) is 15.4. The molecule has 2 fully saturated rings. The van der Waals surface area contributed by atoms with Crippen molar-refractivity contribution in [2.24, 2.45) is 0 Å². The molecule has 2 bridgehead atoms. The number of rotatable bonds is 5. The second-order valence-corrected chi connectivity index (χ2v) is 8.94. The maximum Gasteiger partial charge on any atom is 0.244 e. The van der Waals surface area contributed by atoms with Crippen molar-refractivity contribution in [2.75, 3.05) is 19.6 Å². The van der Waals surface area contributed by atoms with Gasteiger partial charge in [0.1, 0.15) is 0 Å². The summed E-state index contributed by atoms with van der Waals surface area (Å²) < 4.78 is 33.1. The van der Waals surface area contributed by atoms with E-state index in [1.807, 2.05) is 19.9 Å². The Kier molecular flexibility index (Phi) is 4.38. The molecule has 1 aromatic rings. The Hall–Kier alpha value is -0.470. The lowest BCUT2D eigenvalue weighted by Crippen LogP contribution is -2.45. The molecule has 0 radical (unpaired) electrons. The molecule has 21 heavy (non-hydrogen) atoms. The molecule has 1 aromatic heterocycles. The van der Waals surface area contributed by atoms with Gasteiger partial charge in [0.15, 0.2) is 0 Å². The van der Waals surface area contributed by atoms with E-state index >= 15 is 0 Å². The van der Waals surface area contributed by atoms with Crippen LogP contribution in [-0.4, -0.2) is 44.6 Å². The topological polar surface area (TPSA) is 58.6 Å². The first-order valence-corrected chi connectivity index (χ1v) is 9.72. The number of nitrogens with one attached hydrogen (secondary N) is 1. The molecule has 2 atom stereocenters. The molecule has 2 aliphatic rings. The molecule has 0 aromatic carbocycles. The third-order valence-corrected chi connectivity index (χ3v) is 7.24. The number of sulfonamides is 1. The standard InChI is InChI=1S/C14H22N2O3S2/c1-3-15-7-13-6-14(10(2)20-13)21(17,18)16-8-11-4-5-12(9-16)19-11/h6,11-12,15H,3-5,7-9H2,1-2H3. The molecule has 2 aliphatic heterocycles. The van der Waals surface area contributed by atoms with Crippen LogP contribution >= 0.6 is 11.3 Å². The van der Waals surface area contributed by atoms with Crippen LogP contribution in [-0.2, 0) is 21.3 Å². The Morgan fingerprint density at radius 1 is 1.38 bits per heavy atom. The quantitative estimate of drug-likeness (QED) is 0.893. The zero-order valence-electron chi connectivity index (χ0n) is 12.5. The van der Waals surface area contributed by atoms with Gasteiger partial charge in [-0.25, -0.2) is 8.42 Å². The first-order valence-electron chi connectivity index (χ1n) is 7.46. The van der Waals surface area contributed by atoms with Crippen LogP contribution in [0, 0.1) is 6.92 Å². The summed E-state index contributed by atoms with van der Waals surface area (Å²) in [5, 5.41) is 3.24. The van der Waals surface area contributed by atoms with Crippen LogP contribution in [0.4, 0.5) is 0 Å². The van der Waals surface area contributed by atoms with Gasteiger partial charge < -0.3 is 10.1 Å². The first-order chi connectivity index (χ1) is 10.0. The highest BCUT2D eigenvalue weighted by atomic mass is 32.2. The molecular weight excluding hydrogens is 308 g/mol. The third-order valence-electron chi connectivity index (χ3n) is 4.10. The highest BCUT2D eigenvalue weighted by molar-refractivity contribution is 7.89. The van der Waals surface area contributed by atoms with Gasteiger partial charge in [-0.1, -0.05) is 6.92 Å². The van der Waals surface area contributed by atoms with Gasteiger partial charge in [0.25, 0.3) is 0 Å². The minimum atomic E-state index is -3.39. The van der Waals surface area contributed by atoms with E-state index in [9.17, 15) is 8.42 Å². The fourth-order valence-corrected chi connectivity index (χ4v) is 6.11. The number of morpholine rings is 1. The molecule has 3 heterocycles. The van der Waals surface area contributed by atoms with E-state index in [1.165, 1.54) is 0 Å². The van der Waals surface area contributed by atoms with Gasteiger partial charge >= 0.3 is 0 Å². The van der Waals surface area contributed by atoms with Gasteiger partial charge in [-0.2, -0.15) is 4.31 Å². The van der Waals surface area contributed by atoms with Crippen LogP contribution < -0.4 is 5.32 Å². The smallest absolute Gasteiger partial charge is 0.244 e. The lowest BCUT2D eigenvalue weighted by Gasteiger charge is -2.31. The Labute approximate surface area is 130 Å². The van der Waals surface area contributed by atoms with E-state index in [0.717, 1.165) is 35.7 Å². The van der Waals surface area contributed by atoms with E-state index in [0.29, 0.717) is 18.0 Å². The van der Waals surface area contributed by atoms with Gasteiger partial charge in [-0.3, -0.25) is 0 Å². The van der Waals surface area contributed by atoms with Crippen LogP contribution in [0.25, 0.3) is 0 Å². The number of thiophene rings is 1. The van der Waals surface area contributed by atoms with Crippen molar-refractivity contribution in [3.8, 4) is 0 Å². The molecule has 7 heteroatoms. The van der Waals surface area contributed by atoms with Crippen molar-refractivity contribution in [1.29, 1.82) is 0 Å². The van der Waals surface area contributed by atoms with Crippen LogP contribution in [0.15, 0.2) is 11.0 Å². The molecular formula is C14H22N2O3S2. The van der Waals surface area contributed by atoms with Crippen molar-refractivity contribution in [1.82, 2.24) is 9.62 Å². The summed E-state index contributed by atoms with van der Waals surface area (Å²) in [6, 6.07) is 1.83. The normalized spacial score (nSPS) is 26.4. The van der Waals surface area contributed by atoms with E-state index < -0.39 is 10.0 Å². The number of aryl methyl sites for hydroxylation is 1. The zero-order valence-corrected chi connectivity index (χ0v) is 14.1. The summed E-state index contributed by atoms with van der Waals surface area (Å²) in [6.45, 7) is 6.54. The third kappa shape index (κ3) is 3.03. The molecule has 3 rings (SSSR count). The summed E-state index contributed by atoms with van der Waals surface area (Å²) in [4.78, 5) is 2.42. The molecule has 2 saturated heterocycles. The summed E-state index contributed by atoms with van der Waals surface area (Å²) in [5.74, 6) is 0. The average molecular weight is 330 g/mol. The minimum Gasteiger partial charge on any atom is -0.372 e. The van der Waals surface area contributed by atoms with Gasteiger partial charge in [0, 0.05) is 29.4 Å². The van der Waals surface area contributed by atoms with Crippen LogP contribution in [0.2, 0.25) is 0 Å². The maximum atomic E-state index is 12.9. The van der Waals surface area contributed by atoms with Crippen molar-refractivity contribution in [3.63, 3.8) is 0 Å². The van der Waals surface area contributed by atoms with Crippen molar-refractivity contribution in [3.05, 3.63) is 15.8 Å². The zero-order chi connectivity index (χ0) is 15.0. The largest absolute Gasteiger partial charge is 0.372 e. The average Bonchev–Trinajstić information content (AvgIpc) is 2.99. The summed E-state index contributed by atoms with van der Waals surface area (Å²) in [7, 11) is -3.39. The van der Waals surface area contributed by atoms with Crippen LogP contribution in [0.5, 0.6) is 0 Å². The maximum absolute atomic E-state index is 12.9. The highest BCUT2D eigenvalue weighted by Gasteiger charge is 2.40. The summed E-state index contributed by atoms with van der Waals surface area (Å²) in [5.41, 5.74) is 0. The molecule has 0 amide bonds. The number of ether oxygens (including phenoxy) is 1. The second kappa shape index (κ2) is 5.96. The number of hydrogen-bond donors (Lipinski definition) is 1. The predicted octanol–water partition coefficient (Wildman–Crippen LogP) is 1.72. The number of hydrogen-bond acceptors (Lipinski definition) is 5. The van der Waals surface area contributed by atoms with Gasteiger partial charge in [0.05, 0.1) is 17.1 Å². The minimum absolute atomic E-state index is 0.0821. The Morgan fingerprint density at radius 2 is 2.05 bits per heavy atom. The van der Waals surface area contributed by atoms with E-state index in [4.69, 9.17) is 4.74 Å². The monoisotopic (exact) mass is 330 g/mol. The van der Waals surface area contributed by atoms with E-state index in [1.54, 1.807) is 15.6 Å². The molecule has 0 saturated carbocycles. The van der Waals surface area contributed by atoms with Gasteiger partial charge in [0.2, 0.25) is 10.0 Å². The van der Waals surface area contributed by atoms with Crippen molar-refractivity contribution in [2.45, 2.75) is 50.3 Å². The lowest BCUT2D eigenvalue weighted by atomic mass is 10.2. The van der Waals surface area contributed by atoms with Crippen LogP contribution in [0.1, 0.15) is 29.5 Å². The van der Waals surface area contributed by atoms with Crippen molar-refractivity contribution < 1.29 is 13.2 Å². The Balaban J connectivity index is 1.83. The van der Waals surface area contributed by atoms with E-state index in [2.05, 4.69) is 5.32 Å². The summed E-state index contributed by atoms with van der Waals surface area (Å²) >= 11 is 1.56. The van der Waals surface area contributed by atoms with Crippen LogP contribution in [0.3, 0.4) is 0 Å². The number of fused-ring (bicyclic) bond motifs is 2. The summed E-state index contributed by atoms with van der Waals surface area (Å²) in [6.07, 6.45) is 2.12.